The number of benzene rings is 3. The average molecular weight is 1410 g/mol. The minimum Gasteiger partial charge on any atom is -0.497 e. The number of aromatic amines is 3. The number of ether oxygens (including phenoxy) is 6. The number of hydrogen-bond acceptors (Lipinski definition) is 20. The molecule has 0 saturated carbocycles. The van der Waals surface area contributed by atoms with E-state index >= 15 is 4.39 Å². The first-order valence-corrected chi connectivity index (χ1v) is 31.0. The first-order chi connectivity index (χ1) is 47.7. The molecule has 6 heterocycles. The van der Waals surface area contributed by atoms with Crippen LogP contribution in [-0.2, 0) is 28.3 Å². The molecule has 538 valence electrons. The van der Waals surface area contributed by atoms with Crippen molar-refractivity contribution < 1.29 is 80.2 Å². The van der Waals surface area contributed by atoms with Gasteiger partial charge in [-0.25, -0.2) is 37.3 Å². The predicted octanol–water partition coefficient (Wildman–Crippen LogP) is 5.19. The number of aliphatic hydroxyl groups is 5. The number of rotatable bonds is 18. The molecule has 13 atom stereocenters. The van der Waals surface area contributed by atoms with Crippen molar-refractivity contribution >= 4 is 20.1 Å². The SMILES string of the molecule is C.COc1ccc(C(Cl)(c2ccccc2)c2ccc(OC)cc2)cc1.O=c1ccn(C2COC(CO)C(O)C2F)c(=O)[nH]1.[2H]CC1OCC(n2ccc(=O)[nH]c2=O)C(F)C1O.[2H]CC1OCC(n2ccc(=O)[nH]c2=O)C(F)C1OP(NCOCC)N(C(C)C)C(C)C.[2H]CF.[3H]OC.[3H]OC. The van der Waals surface area contributed by atoms with Crippen LogP contribution in [-0.4, -0.2) is 204 Å². The van der Waals surface area contributed by atoms with E-state index in [4.69, 9.17) is 56.6 Å². The summed E-state index contributed by atoms with van der Waals surface area (Å²) in [6.07, 6.45) is -8.28. The van der Waals surface area contributed by atoms with Crippen LogP contribution in [0.2, 0.25) is 0 Å². The molecule has 26 nitrogen and oxygen atoms in total. The number of aromatic nitrogens is 6. The van der Waals surface area contributed by atoms with Crippen LogP contribution in [0.15, 0.2) is 144 Å². The lowest BCUT2D eigenvalue weighted by atomic mass is 9.84. The summed E-state index contributed by atoms with van der Waals surface area (Å²) in [7, 11) is 3.41. The number of hydrogen-bond donors (Lipinski definition) is 9. The van der Waals surface area contributed by atoms with Gasteiger partial charge in [-0.1, -0.05) is 62.0 Å². The van der Waals surface area contributed by atoms with E-state index in [1.54, 1.807) is 14.2 Å². The van der Waals surface area contributed by atoms with Gasteiger partial charge in [0.05, 0.1) is 79.5 Å². The maximum Gasteiger partial charge on any atom is 0.328 e. The lowest BCUT2D eigenvalue weighted by Gasteiger charge is -2.43. The number of aliphatic hydroxyl groups excluding tert-OH is 5. The maximum absolute atomic E-state index is 15.7. The van der Waals surface area contributed by atoms with Gasteiger partial charge >= 0.3 is 17.1 Å². The fourth-order valence-electron chi connectivity index (χ4n) is 9.89. The molecular weight excluding hydrogens is 1310 g/mol. The third-order valence-electron chi connectivity index (χ3n) is 14.6. The van der Waals surface area contributed by atoms with Gasteiger partial charge in [0, 0.05) is 72.4 Å². The molecule has 0 spiro atoms. The third-order valence-corrected chi connectivity index (χ3v) is 17.4. The second-order valence-corrected chi connectivity index (χ2v) is 23.2. The molecule has 3 fully saturated rings. The largest absolute Gasteiger partial charge is 0.497 e. The zero-order chi connectivity index (χ0) is 74.8. The van der Waals surface area contributed by atoms with E-state index in [1.165, 1.54) is 20.4 Å². The van der Waals surface area contributed by atoms with Crippen LogP contribution >= 0.6 is 20.1 Å². The van der Waals surface area contributed by atoms with E-state index in [1.807, 2.05) is 123 Å². The van der Waals surface area contributed by atoms with Gasteiger partial charge in [-0.3, -0.25) is 47.4 Å². The first kappa shape index (κ1) is 76.6. The molecule has 0 radical (unpaired) electrons. The molecule has 3 aliphatic rings. The molecule has 0 amide bonds. The Hall–Kier alpha value is -6.74. The highest BCUT2D eigenvalue weighted by Gasteiger charge is 2.45. The standard InChI is InChI=1S/C21H19ClO2.C19H34FN4O5P.C10H13FN2O5.C10H13FN2O4.CH3F.2CH4O.CH4/c1-23-19-12-8-17(9-13-19)21(22,16-6-4-3-5-7-16)18-10-14-20(24-2)15-11-18;1-7-27-11-21-30(24(12(2)3)13(4)5)29-18-14(6)28-10-15(17(18)20)23-9-8-16(25)22-19(23)26;11-8-5(4-18-6(3-14)9(8)16)13-2-1-7(15)12-10(13)17;1-5-9(15)8(11)6(4-17-5)13-3-2-7(14)12-10(13)16;3*1-2;/h3-15H,1-2H3;8-9,12-15,17-18,21H,7,10-11H2,1-6H3,(H,22,25,26);1-2,5-6,8-9,14,16H,3-4H2,(H,12,15,17);2-3,5-6,8-9,15H,4H2,1H3,(H,12,14,16);1H3;2*2H,1H3;1H4/i;6D;;2*1D;2*2T;. The fourth-order valence-corrected chi connectivity index (χ4v) is 12.1. The van der Waals surface area contributed by atoms with Crippen molar-refractivity contribution in [2.45, 2.75) is 146 Å². The van der Waals surface area contributed by atoms with Gasteiger partial charge in [0.25, 0.3) is 16.7 Å². The van der Waals surface area contributed by atoms with Gasteiger partial charge in [-0.2, -0.15) is 0 Å². The highest BCUT2D eigenvalue weighted by molar-refractivity contribution is 7.47. The normalized spacial score (nSPS) is 23.8. The summed E-state index contributed by atoms with van der Waals surface area (Å²) in [5.41, 5.74) is -0.966. The summed E-state index contributed by atoms with van der Waals surface area (Å²) in [6, 6.07) is 26.3. The van der Waals surface area contributed by atoms with Crippen LogP contribution in [0.4, 0.5) is 17.6 Å². The molecular formula is C64H94ClF4N8O18P. The van der Waals surface area contributed by atoms with Crippen molar-refractivity contribution in [3.8, 4) is 11.5 Å². The van der Waals surface area contributed by atoms with Crippen molar-refractivity contribution in [3.05, 3.63) is 195 Å². The summed E-state index contributed by atoms with van der Waals surface area (Å²) in [6.45, 7) is 9.38. The minimum atomic E-state index is -1.76. The summed E-state index contributed by atoms with van der Waals surface area (Å²) < 4.78 is 129. The Balaban J connectivity index is 0.000000447. The predicted molar refractivity (Wildman–Crippen MR) is 357 cm³/mol. The van der Waals surface area contributed by atoms with Gasteiger partial charge in [0.15, 0.2) is 27.0 Å². The van der Waals surface area contributed by atoms with Gasteiger partial charge in [-0.15, -0.1) is 11.6 Å². The Morgan fingerprint density at radius 2 is 1.06 bits per heavy atom. The van der Waals surface area contributed by atoms with Crippen LogP contribution in [0, 0.1) is 0 Å². The van der Waals surface area contributed by atoms with E-state index < -0.39 is 134 Å². The molecule has 9 N–H and O–H groups in total. The highest BCUT2D eigenvalue weighted by Crippen LogP contribution is 2.46. The van der Waals surface area contributed by atoms with E-state index in [0.717, 1.165) is 72.5 Å². The van der Waals surface area contributed by atoms with Gasteiger partial charge in [0.1, 0.15) is 47.5 Å². The summed E-state index contributed by atoms with van der Waals surface area (Å²) in [4.78, 5) is 73.7. The van der Waals surface area contributed by atoms with E-state index in [0.29, 0.717) is 6.61 Å². The van der Waals surface area contributed by atoms with Crippen LogP contribution in [0.3, 0.4) is 0 Å². The third kappa shape index (κ3) is 22.9. The molecule has 3 saturated heterocycles. The molecule has 32 heteroatoms. The summed E-state index contributed by atoms with van der Waals surface area (Å²) in [5, 5.41) is 38.3. The molecule has 3 aromatic heterocycles. The van der Waals surface area contributed by atoms with Crippen LogP contribution in [0.1, 0.15) is 94.8 Å². The van der Waals surface area contributed by atoms with Gasteiger partial charge in [0.2, 0.25) is 2.86 Å². The molecule has 0 aliphatic carbocycles. The molecule has 6 aromatic rings. The van der Waals surface area contributed by atoms with Crippen LogP contribution < -0.4 is 48.3 Å². The molecule has 96 heavy (non-hydrogen) atoms. The summed E-state index contributed by atoms with van der Waals surface area (Å²) in [5.74, 6) is 1.61. The highest BCUT2D eigenvalue weighted by atomic mass is 35.5. The number of methoxy groups -OCH3 is 2. The second-order valence-electron chi connectivity index (χ2n) is 21.1. The molecule has 3 aromatic carbocycles. The van der Waals surface area contributed by atoms with Crippen molar-refractivity contribution in [1.82, 2.24) is 38.4 Å². The van der Waals surface area contributed by atoms with E-state index in [9.17, 15) is 52.2 Å². The smallest absolute Gasteiger partial charge is 0.328 e. The number of halogens is 5. The van der Waals surface area contributed by atoms with Crippen molar-refractivity contribution in [3.63, 3.8) is 0 Å². The lowest BCUT2D eigenvalue weighted by molar-refractivity contribution is -0.149. The lowest BCUT2D eigenvalue weighted by Crippen LogP contribution is -2.52. The molecule has 9 rings (SSSR count). The zero-order valence-corrected chi connectivity index (χ0v) is 55.7. The number of nitrogens with one attached hydrogen (secondary N) is 4. The van der Waals surface area contributed by atoms with Crippen molar-refractivity contribution in [2.75, 3.05) is 75.4 Å². The van der Waals surface area contributed by atoms with Crippen molar-refractivity contribution in [2.24, 2.45) is 0 Å². The van der Waals surface area contributed by atoms with Crippen LogP contribution in [0.5, 0.6) is 11.5 Å². The maximum atomic E-state index is 15.7. The minimum absolute atomic E-state index is 0. The molecule has 0 bridgehead atoms. The van der Waals surface area contributed by atoms with Gasteiger partial charge < -0.3 is 58.5 Å². The van der Waals surface area contributed by atoms with E-state index in [2.05, 4.69) is 25.0 Å². The first-order valence-electron chi connectivity index (χ1n) is 32.4. The quantitative estimate of drug-likeness (QED) is 0.0134. The fraction of sp³-hybridized carbons (Fsp3) is 0.531. The Labute approximate surface area is 567 Å². The van der Waals surface area contributed by atoms with Crippen molar-refractivity contribution in [1.29, 1.82) is 2.86 Å². The number of alkyl halides is 5. The van der Waals surface area contributed by atoms with Crippen LogP contribution in [0.25, 0.3) is 0 Å². The molecule has 3 aliphatic heterocycles. The average Bonchev–Trinajstić information content (AvgIpc) is 0.780. The van der Waals surface area contributed by atoms with Gasteiger partial charge in [-0.05, 0) is 89.4 Å². The van der Waals surface area contributed by atoms with E-state index in [-0.39, 0.29) is 59.9 Å². The topological polar surface area (TPSA) is 346 Å². The second kappa shape index (κ2) is 42.8. The molecule has 13 unspecified atom stereocenters. The Morgan fingerprint density at radius 3 is 1.44 bits per heavy atom. The Morgan fingerprint density at radius 1 is 0.677 bits per heavy atom. The zero-order valence-electron chi connectivity index (χ0n) is 59.0. The number of H-pyrrole nitrogens is 3. The Kier molecular flexibility index (Phi) is 34.2. The summed E-state index contributed by atoms with van der Waals surface area (Å²) >= 11 is 7.22. The number of nitrogens with zero attached hydrogens (tertiary/aromatic N) is 4. The Bertz CT molecular complexity index is 3490. The monoisotopic (exact) mass is 1410 g/mol.